The molecule has 2 rings (SSSR count). The fourth-order valence-electron chi connectivity index (χ4n) is 2.04. The van der Waals surface area contributed by atoms with E-state index in [0.29, 0.717) is 25.1 Å². The zero-order valence-corrected chi connectivity index (χ0v) is 10.3. The molecule has 0 bridgehead atoms. The number of aliphatic hydroxyl groups is 1. The number of rotatable bonds is 2. The zero-order valence-electron chi connectivity index (χ0n) is 10.3. The third-order valence-electron chi connectivity index (χ3n) is 3.09. The van der Waals surface area contributed by atoms with E-state index in [1.807, 2.05) is 0 Å². The third-order valence-corrected chi connectivity index (χ3v) is 3.09. The van der Waals surface area contributed by atoms with Gasteiger partial charge in [-0.15, -0.1) is 0 Å². The second-order valence-corrected chi connectivity index (χ2v) is 4.56. The van der Waals surface area contributed by atoms with Gasteiger partial charge in [0.15, 0.2) is 0 Å². The maximum atomic E-state index is 13.1. The van der Waals surface area contributed by atoms with Gasteiger partial charge in [0.05, 0.1) is 6.10 Å². The van der Waals surface area contributed by atoms with Gasteiger partial charge in [0.25, 0.3) is 0 Å². The van der Waals surface area contributed by atoms with Crippen molar-refractivity contribution in [2.45, 2.75) is 19.4 Å². The molecule has 4 heteroatoms. The lowest BCUT2D eigenvalue weighted by Crippen LogP contribution is -2.27. The highest BCUT2D eigenvalue weighted by atomic mass is 19.1. The van der Waals surface area contributed by atoms with Crippen LogP contribution in [0.1, 0.15) is 18.9 Å². The molecule has 1 aliphatic rings. The Morgan fingerprint density at radius 1 is 1.56 bits per heavy atom. The fraction of sp³-hybridized carbons (Fsp3) is 0.357. The minimum atomic E-state index is -0.420. The molecule has 96 valence electrons. The number of carbonyl (C=O) groups is 1. The first-order valence-corrected chi connectivity index (χ1v) is 5.97. The molecule has 0 spiro atoms. The number of amides is 1. The van der Waals surface area contributed by atoms with Gasteiger partial charge >= 0.3 is 0 Å². The van der Waals surface area contributed by atoms with Crippen molar-refractivity contribution in [1.29, 1.82) is 0 Å². The van der Waals surface area contributed by atoms with E-state index in [2.05, 4.69) is 0 Å². The van der Waals surface area contributed by atoms with Gasteiger partial charge in [-0.3, -0.25) is 4.79 Å². The Hall–Kier alpha value is -1.68. The predicted molar refractivity (Wildman–Crippen MR) is 67.3 cm³/mol. The lowest BCUT2D eigenvalue weighted by molar-refractivity contribution is -0.125. The molecule has 0 radical (unpaired) electrons. The maximum Gasteiger partial charge on any atom is 0.246 e. The van der Waals surface area contributed by atoms with E-state index in [1.165, 1.54) is 18.2 Å². The Labute approximate surface area is 106 Å². The molecule has 1 amide bonds. The molecule has 0 aliphatic carbocycles. The lowest BCUT2D eigenvalue weighted by Gasteiger charge is -2.13. The Morgan fingerprint density at radius 3 is 2.94 bits per heavy atom. The van der Waals surface area contributed by atoms with E-state index < -0.39 is 6.10 Å². The summed E-state index contributed by atoms with van der Waals surface area (Å²) >= 11 is 0. The van der Waals surface area contributed by atoms with Crippen molar-refractivity contribution in [1.82, 2.24) is 4.90 Å². The van der Waals surface area contributed by atoms with E-state index >= 15 is 0 Å². The number of hydrogen-bond donors (Lipinski definition) is 1. The van der Waals surface area contributed by atoms with Gasteiger partial charge in [-0.05, 0) is 36.6 Å². The van der Waals surface area contributed by atoms with E-state index in [9.17, 15) is 14.3 Å². The largest absolute Gasteiger partial charge is 0.391 e. The van der Waals surface area contributed by atoms with Gasteiger partial charge in [-0.1, -0.05) is 12.1 Å². The molecule has 1 aliphatic heterocycles. The van der Waals surface area contributed by atoms with Crippen molar-refractivity contribution in [3.8, 4) is 0 Å². The average molecular weight is 249 g/mol. The molecule has 18 heavy (non-hydrogen) atoms. The van der Waals surface area contributed by atoms with Crippen molar-refractivity contribution in [2.24, 2.45) is 0 Å². The van der Waals surface area contributed by atoms with Crippen LogP contribution in [0.15, 0.2) is 30.3 Å². The third kappa shape index (κ3) is 2.96. The van der Waals surface area contributed by atoms with Crippen LogP contribution in [-0.4, -0.2) is 35.1 Å². The first-order valence-electron chi connectivity index (χ1n) is 5.97. The van der Waals surface area contributed by atoms with Gasteiger partial charge in [0.1, 0.15) is 5.82 Å². The van der Waals surface area contributed by atoms with Crippen LogP contribution < -0.4 is 0 Å². The minimum absolute atomic E-state index is 0.131. The van der Waals surface area contributed by atoms with Crippen LogP contribution in [0, 0.1) is 5.82 Å². The molecule has 1 atom stereocenters. The van der Waals surface area contributed by atoms with Crippen LogP contribution in [0.25, 0.3) is 5.57 Å². The van der Waals surface area contributed by atoms with Crippen LogP contribution in [0.3, 0.4) is 0 Å². The molecule has 0 unspecified atom stereocenters. The number of carbonyl (C=O) groups excluding carboxylic acids is 1. The Morgan fingerprint density at radius 2 is 2.33 bits per heavy atom. The molecule has 3 nitrogen and oxygen atoms in total. The smallest absolute Gasteiger partial charge is 0.246 e. The fourth-order valence-corrected chi connectivity index (χ4v) is 2.04. The number of halogens is 1. The molecule has 1 N–H and O–H groups in total. The van der Waals surface area contributed by atoms with Crippen LogP contribution in [0.2, 0.25) is 0 Å². The highest BCUT2D eigenvalue weighted by Crippen LogP contribution is 2.16. The Bertz CT molecular complexity index is 484. The molecule has 0 saturated carbocycles. The number of allylic oxidation sites excluding steroid dienone is 1. The van der Waals surface area contributed by atoms with Gasteiger partial charge in [0, 0.05) is 19.2 Å². The SMILES string of the molecule is C/C(=C/C(=O)N1CC[C@@H](O)C1)c1cccc(F)c1. The summed E-state index contributed by atoms with van der Waals surface area (Å²) in [6.07, 6.45) is 1.70. The molecular formula is C14H16FNO2. The van der Waals surface area contributed by atoms with Crippen molar-refractivity contribution in [3.63, 3.8) is 0 Å². The highest BCUT2D eigenvalue weighted by Gasteiger charge is 2.23. The topological polar surface area (TPSA) is 40.5 Å². The van der Waals surface area contributed by atoms with Crippen molar-refractivity contribution in [3.05, 3.63) is 41.7 Å². The zero-order chi connectivity index (χ0) is 13.1. The summed E-state index contributed by atoms with van der Waals surface area (Å²) in [6.45, 7) is 2.73. The van der Waals surface area contributed by atoms with E-state index in [0.717, 1.165) is 5.57 Å². The second kappa shape index (κ2) is 5.31. The van der Waals surface area contributed by atoms with Crippen LogP contribution in [-0.2, 0) is 4.79 Å². The first-order chi connectivity index (χ1) is 8.56. The lowest BCUT2D eigenvalue weighted by atomic mass is 10.1. The van der Waals surface area contributed by atoms with Crippen LogP contribution in [0.4, 0.5) is 4.39 Å². The summed E-state index contributed by atoms with van der Waals surface area (Å²) in [7, 11) is 0. The van der Waals surface area contributed by atoms with Crippen molar-refractivity contribution < 1.29 is 14.3 Å². The number of likely N-dealkylation sites (tertiary alicyclic amines) is 1. The van der Waals surface area contributed by atoms with Gasteiger partial charge in [0.2, 0.25) is 5.91 Å². The second-order valence-electron chi connectivity index (χ2n) is 4.56. The van der Waals surface area contributed by atoms with Crippen molar-refractivity contribution in [2.75, 3.05) is 13.1 Å². The minimum Gasteiger partial charge on any atom is -0.391 e. The average Bonchev–Trinajstić information content (AvgIpc) is 2.76. The van der Waals surface area contributed by atoms with Gasteiger partial charge in [-0.25, -0.2) is 4.39 Å². The molecule has 1 aromatic carbocycles. The summed E-state index contributed by atoms with van der Waals surface area (Å²) < 4.78 is 13.1. The van der Waals surface area contributed by atoms with E-state index in [4.69, 9.17) is 0 Å². The molecule has 1 heterocycles. The Kier molecular flexibility index (Phi) is 3.77. The molecule has 0 aromatic heterocycles. The van der Waals surface area contributed by atoms with E-state index in [-0.39, 0.29) is 11.7 Å². The maximum absolute atomic E-state index is 13.1. The van der Waals surface area contributed by atoms with E-state index in [1.54, 1.807) is 24.0 Å². The summed E-state index contributed by atoms with van der Waals surface area (Å²) in [4.78, 5) is 13.5. The molecule has 1 aromatic rings. The van der Waals surface area contributed by atoms with Gasteiger partial charge < -0.3 is 10.0 Å². The summed E-state index contributed by atoms with van der Waals surface area (Å²) in [5.41, 5.74) is 1.42. The highest BCUT2D eigenvalue weighted by molar-refractivity contribution is 5.95. The number of benzene rings is 1. The van der Waals surface area contributed by atoms with Gasteiger partial charge in [-0.2, -0.15) is 0 Å². The predicted octanol–water partition coefficient (Wildman–Crippen LogP) is 1.82. The summed E-state index contributed by atoms with van der Waals surface area (Å²) in [5.74, 6) is -0.447. The molecule has 1 fully saturated rings. The normalized spacial score (nSPS) is 20.3. The standard InChI is InChI=1S/C14H16FNO2/c1-10(11-3-2-4-12(15)8-11)7-14(18)16-6-5-13(17)9-16/h2-4,7-8,13,17H,5-6,9H2,1H3/b10-7-/t13-/m1/s1. The molecule has 1 saturated heterocycles. The number of β-amino-alcohol motifs (C(OH)–C–C–N with tert-alkyl or cyclic N) is 1. The molecular weight excluding hydrogens is 233 g/mol. The number of nitrogens with zero attached hydrogens (tertiary/aromatic N) is 1. The Balaban J connectivity index is 2.10. The first kappa shape index (κ1) is 12.8. The van der Waals surface area contributed by atoms with Crippen LogP contribution in [0.5, 0.6) is 0 Å². The van der Waals surface area contributed by atoms with Crippen molar-refractivity contribution >= 4 is 11.5 Å². The number of aliphatic hydroxyl groups excluding tert-OH is 1. The monoisotopic (exact) mass is 249 g/mol. The quantitative estimate of drug-likeness (QED) is 0.812. The summed E-state index contributed by atoms with van der Waals surface area (Å²) in [5, 5.41) is 9.37. The summed E-state index contributed by atoms with van der Waals surface area (Å²) in [6, 6.07) is 6.15. The van der Waals surface area contributed by atoms with Crippen LogP contribution >= 0.6 is 0 Å². The number of hydrogen-bond acceptors (Lipinski definition) is 2.